The highest BCUT2D eigenvalue weighted by molar-refractivity contribution is 7.46. The summed E-state index contributed by atoms with van der Waals surface area (Å²) in [7, 11) is -0.657. The van der Waals surface area contributed by atoms with Crippen molar-refractivity contribution in [3.8, 4) is 0 Å². The molecule has 2 rings (SSSR count). The smallest absolute Gasteiger partial charge is 0.320 e. The summed E-state index contributed by atoms with van der Waals surface area (Å²) < 4.78 is 35.6. The first-order valence-corrected chi connectivity index (χ1v) is 19.6. The van der Waals surface area contributed by atoms with Gasteiger partial charge in [0.05, 0.1) is 33.9 Å². The molecular weight excluding hydrogens is 601 g/mol. The predicted octanol–water partition coefficient (Wildman–Crippen LogP) is 9.33. The fourth-order valence-corrected chi connectivity index (χ4v) is 6.95. The molecule has 0 radical (unpaired) electrons. The third kappa shape index (κ3) is 18.0. The molecule has 0 aromatic heterocycles. The second-order valence-corrected chi connectivity index (χ2v) is 14.8. The van der Waals surface area contributed by atoms with Gasteiger partial charge in [0.25, 0.3) is 0 Å². The lowest BCUT2D eigenvalue weighted by molar-refractivity contribution is -0.857. The van der Waals surface area contributed by atoms with E-state index in [0.717, 1.165) is 44.3 Å². The number of benzene rings is 1. The molecule has 0 spiro atoms. The molecule has 1 aliphatic rings. The Morgan fingerprint density at radius 1 is 0.826 bits per heavy atom. The Labute approximate surface area is 280 Å². The number of carbonyl (C=O) groups excluding carboxylic acids is 1. The van der Waals surface area contributed by atoms with Crippen LogP contribution in [0.1, 0.15) is 141 Å². The average Bonchev–Trinajstić information content (AvgIpc) is 3.02. The van der Waals surface area contributed by atoms with Crippen LogP contribution in [0.15, 0.2) is 36.0 Å². The molecule has 1 aliphatic heterocycles. The summed E-state index contributed by atoms with van der Waals surface area (Å²) in [4.78, 5) is 24.8. The first kappa shape index (κ1) is 40.5. The number of carbonyl (C=O) groups is 1. The monoisotopic (exact) mass is 665 g/mol. The minimum absolute atomic E-state index is 0.0644. The van der Waals surface area contributed by atoms with E-state index in [9.17, 15) is 14.3 Å². The molecule has 264 valence electrons. The molecule has 1 saturated heterocycles. The van der Waals surface area contributed by atoms with Crippen molar-refractivity contribution in [2.45, 2.75) is 142 Å². The lowest BCUT2D eigenvalue weighted by Crippen LogP contribution is -2.42. The van der Waals surface area contributed by atoms with Crippen molar-refractivity contribution in [1.82, 2.24) is 0 Å². The molecule has 0 bridgehead atoms. The zero-order valence-corrected chi connectivity index (χ0v) is 30.4. The minimum atomic E-state index is -4.78. The molecule has 2 atom stereocenters. The largest absolute Gasteiger partial charge is 0.746 e. The number of piperidine rings is 1. The second-order valence-electron chi connectivity index (χ2n) is 13.5. The summed E-state index contributed by atoms with van der Waals surface area (Å²) in [5, 5.41) is 0. The summed E-state index contributed by atoms with van der Waals surface area (Å²) in [5.74, 6) is -0.206. The Bertz CT molecular complexity index is 1030. The lowest BCUT2D eigenvalue weighted by atomic mass is 10.0. The molecular formula is C37H64NO7P. The number of rotatable bonds is 26. The van der Waals surface area contributed by atoms with Crippen molar-refractivity contribution in [2.75, 3.05) is 40.5 Å². The molecule has 2 unspecified atom stereocenters. The molecule has 0 N–H and O–H groups in total. The summed E-state index contributed by atoms with van der Waals surface area (Å²) in [5.41, 5.74) is 1.60. The highest BCUT2D eigenvalue weighted by Gasteiger charge is 2.33. The Morgan fingerprint density at radius 2 is 1.37 bits per heavy atom. The van der Waals surface area contributed by atoms with E-state index < -0.39 is 19.9 Å². The third-order valence-electron chi connectivity index (χ3n) is 8.81. The number of esters is 1. The van der Waals surface area contributed by atoms with Gasteiger partial charge in [-0.1, -0.05) is 134 Å². The topological polar surface area (TPSA) is 94.1 Å². The summed E-state index contributed by atoms with van der Waals surface area (Å²) in [6.45, 7) is 4.68. The van der Waals surface area contributed by atoms with E-state index in [4.69, 9.17) is 18.5 Å². The van der Waals surface area contributed by atoms with Crippen LogP contribution in [-0.2, 0) is 27.9 Å². The number of quaternary nitrogens is 1. The Morgan fingerprint density at radius 3 is 1.89 bits per heavy atom. The highest BCUT2D eigenvalue weighted by atomic mass is 31.2. The van der Waals surface area contributed by atoms with Crippen LogP contribution in [0, 0.1) is 0 Å². The lowest BCUT2D eigenvalue weighted by Gasteiger charge is -2.37. The first-order chi connectivity index (χ1) is 22.1. The number of allylic oxidation sites excluding steroid dienone is 1. The van der Waals surface area contributed by atoms with Gasteiger partial charge in [-0.15, -0.1) is 0 Å². The van der Waals surface area contributed by atoms with Gasteiger partial charge in [0, 0.05) is 25.5 Å². The summed E-state index contributed by atoms with van der Waals surface area (Å²) in [6.07, 6.45) is 22.8. The van der Waals surface area contributed by atoms with E-state index in [1.54, 1.807) is 0 Å². The number of hydrogen-bond donors (Lipinski definition) is 0. The predicted molar refractivity (Wildman–Crippen MR) is 185 cm³/mol. The van der Waals surface area contributed by atoms with Crippen LogP contribution in [-0.4, -0.2) is 57.0 Å². The highest BCUT2D eigenvalue weighted by Crippen LogP contribution is 2.46. The molecule has 0 amide bonds. The van der Waals surface area contributed by atoms with Crippen molar-refractivity contribution in [2.24, 2.45) is 0 Å². The number of hydrogen-bond acceptors (Lipinski definition) is 7. The molecule has 1 fully saturated rings. The second kappa shape index (κ2) is 23.6. The molecule has 1 aromatic rings. The van der Waals surface area contributed by atoms with Crippen molar-refractivity contribution >= 4 is 19.6 Å². The zero-order valence-electron chi connectivity index (χ0n) is 29.5. The molecule has 46 heavy (non-hydrogen) atoms. The number of likely N-dealkylation sites (tertiary alicyclic amines) is 1. The van der Waals surface area contributed by atoms with Gasteiger partial charge in [-0.2, -0.15) is 0 Å². The number of phosphoric acid groups is 1. The Hall–Kier alpha value is -1.70. The molecule has 9 heteroatoms. The van der Waals surface area contributed by atoms with Gasteiger partial charge in [0.2, 0.25) is 0 Å². The van der Waals surface area contributed by atoms with Crippen LogP contribution < -0.4 is 4.89 Å². The maximum atomic E-state index is 13.1. The van der Waals surface area contributed by atoms with Gasteiger partial charge < -0.3 is 23.4 Å². The molecule has 8 nitrogen and oxygen atoms in total. The van der Waals surface area contributed by atoms with Crippen LogP contribution >= 0.6 is 7.82 Å². The van der Waals surface area contributed by atoms with Gasteiger partial charge in [0.15, 0.2) is 11.5 Å². The molecule has 1 heterocycles. The van der Waals surface area contributed by atoms with Gasteiger partial charge in [-0.25, -0.2) is 0 Å². The van der Waals surface area contributed by atoms with E-state index in [1.807, 2.05) is 30.3 Å². The number of phosphoric ester groups is 1. The van der Waals surface area contributed by atoms with Crippen LogP contribution in [0.25, 0.3) is 5.76 Å². The van der Waals surface area contributed by atoms with Crippen molar-refractivity contribution in [3.05, 3.63) is 41.6 Å². The normalized spacial score (nSPS) is 17.7. The van der Waals surface area contributed by atoms with Crippen LogP contribution in [0.2, 0.25) is 0 Å². The summed E-state index contributed by atoms with van der Waals surface area (Å²) in [6, 6.07) is 9.26. The van der Waals surface area contributed by atoms with Crippen molar-refractivity contribution in [1.29, 1.82) is 0 Å². The minimum Gasteiger partial charge on any atom is -0.746 e. The fraction of sp³-hybridized carbons (Fsp3) is 0.757. The van der Waals surface area contributed by atoms with Crippen molar-refractivity contribution < 1.29 is 37.3 Å². The van der Waals surface area contributed by atoms with Crippen molar-refractivity contribution in [3.63, 3.8) is 0 Å². The van der Waals surface area contributed by atoms with Gasteiger partial charge in [-0.05, 0) is 19.3 Å². The number of unbranched alkanes of at least 4 members (excludes halogenated alkanes) is 15. The maximum absolute atomic E-state index is 13.1. The molecule has 0 saturated carbocycles. The van der Waals surface area contributed by atoms with Crippen LogP contribution in [0.5, 0.6) is 0 Å². The zero-order chi connectivity index (χ0) is 33.5. The van der Waals surface area contributed by atoms with Crippen LogP contribution in [0.4, 0.5) is 0 Å². The van der Waals surface area contributed by atoms with E-state index in [0.29, 0.717) is 22.4 Å². The maximum Gasteiger partial charge on any atom is 0.320 e. The SMILES string of the molecule is CCCCCCCCCCCCCCCCCCOCC(COP(=O)([O-])OC(=C1CCCC[N+]1(C)C)c1ccccc1)OC(C)=O. The van der Waals surface area contributed by atoms with Crippen LogP contribution in [0.3, 0.4) is 0 Å². The quantitative estimate of drug-likeness (QED) is 0.0320. The third-order valence-corrected chi connectivity index (χ3v) is 9.68. The van der Waals surface area contributed by atoms with Gasteiger partial charge >= 0.3 is 13.8 Å². The van der Waals surface area contributed by atoms with Gasteiger partial charge in [-0.3, -0.25) is 13.8 Å². The molecule has 0 aliphatic carbocycles. The average molecular weight is 666 g/mol. The van der Waals surface area contributed by atoms with E-state index in [-0.39, 0.29) is 13.2 Å². The van der Waals surface area contributed by atoms with E-state index >= 15 is 0 Å². The van der Waals surface area contributed by atoms with E-state index in [2.05, 4.69) is 21.0 Å². The standard InChI is InChI=1S/C37H64NO7P/c1-5-6-7-8-9-10-11-12-13-14-15-16-17-18-19-25-30-42-31-35(44-33(2)39)32-43-46(40,41)45-37(34-26-21-20-22-27-34)36-28-23-24-29-38(36,3)4/h20-22,26-27,35H,5-19,23-25,28-32H2,1-4H3. The van der Waals surface area contributed by atoms with Gasteiger partial charge in [0.1, 0.15) is 6.10 Å². The first-order valence-electron chi connectivity index (χ1n) is 18.2. The number of ether oxygens (including phenoxy) is 2. The summed E-state index contributed by atoms with van der Waals surface area (Å²) >= 11 is 0. The van der Waals surface area contributed by atoms with E-state index in [1.165, 1.54) is 96.8 Å². The fourth-order valence-electron chi connectivity index (χ4n) is 6.12. The Kier molecular flexibility index (Phi) is 20.8. The Balaban J connectivity index is 1.66. The molecule has 1 aromatic carbocycles. The number of nitrogens with zero attached hydrogens (tertiary/aromatic N) is 1.